The Morgan fingerprint density at radius 3 is 2.55 bits per heavy atom. The molecule has 2 N–H and O–H groups in total. The van der Waals surface area contributed by atoms with Crippen LogP contribution in [0.2, 0.25) is 4.34 Å². The Bertz CT molecular complexity index is 1240. The number of amides is 3. The van der Waals surface area contributed by atoms with Crippen LogP contribution in [0.3, 0.4) is 0 Å². The van der Waals surface area contributed by atoms with Crippen LogP contribution >= 0.6 is 22.9 Å². The second-order valence-electron chi connectivity index (χ2n) is 9.48. The second kappa shape index (κ2) is 12.8. The van der Waals surface area contributed by atoms with E-state index in [0.29, 0.717) is 17.2 Å². The molecule has 4 rings (SSSR count). The number of ether oxygens (including phenoxy) is 1. The number of rotatable bonds is 11. The maximum absolute atomic E-state index is 14.0. The fourth-order valence-electron chi connectivity index (χ4n) is 4.28. The van der Waals surface area contributed by atoms with Gasteiger partial charge in [-0.1, -0.05) is 11.6 Å². The minimum atomic E-state index is -4.65. The van der Waals surface area contributed by atoms with Crippen LogP contribution in [-0.2, 0) is 14.3 Å². The maximum Gasteiger partial charge on any atom is 0.401 e. The summed E-state index contributed by atoms with van der Waals surface area (Å²) in [6.45, 7) is -1.83. The van der Waals surface area contributed by atoms with Gasteiger partial charge in [-0.05, 0) is 49.1 Å². The van der Waals surface area contributed by atoms with Crippen molar-refractivity contribution in [3.05, 3.63) is 45.1 Å². The van der Waals surface area contributed by atoms with Crippen molar-refractivity contribution in [3.8, 4) is 0 Å². The van der Waals surface area contributed by atoms with Crippen LogP contribution in [0.4, 0.5) is 33.3 Å². The van der Waals surface area contributed by atoms with Crippen LogP contribution in [0.1, 0.15) is 34.5 Å². The van der Waals surface area contributed by atoms with Gasteiger partial charge in [-0.2, -0.15) is 13.2 Å². The van der Waals surface area contributed by atoms with E-state index in [4.69, 9.17) is 16.3 Å². The maximum atomic E-state index is 14.0. The number of alkyl halides is 5. The molecular formula is C25H26ClF5N4O4S. The second-order valence-corrected chi connectivity index (χ2v) is 11.2. The Labute approximate surface area is 235 Å². The van der Waals surface area contributed by atoms with Crippen molar-refractivity contribution in [2.45, 2.75) is 31.5 Å². The molecule has 1 aromatic carbocycles. The molecule has 1 aliphatic carbocycles. The Morgan fingerprint density at radius 1 is 1.20 bits per heavy atom. The highest BCUT2D eigenvalue weighted by atomic mass is 35.5. The van der Waals surface area contributed by atoms with Gasteiger partial charge in [0, 0.05) is 36.6 Å². The summed E-state index contributed by atoms with van der Waals surface area (Å²) in [7, 11) is 0. The van der Waals surface area contributed by atoms with E-state index in [0.717, 1.165) is 22.3 Å². The summed E-state index contributed by atoms with van der Waals surface area (Å²) in [5, 5.41) is 4.81. The number of carbonyl (C=O) groups excluding carboxylic acids is 3. The number of hydrogen-bond acceptors (Lipinski definition) is 6. The number of benzene rings is 1. The molecule has 218 valence electrons. The van der Waals surface area contributed by atoms with Gasteiger partial charge in [-0.15, -0.1) is 11.3 Å². The molecule has 15 heteroatoms. The number of anilines is 2. The molecule has 0 unspecified atom stereocenters. The number of nitrogens with one attached hydrogen (secondary N) is 2. The lowest BCUT2D eigenvalue weighted by atomic mass is 10.1. The third-order valence-corrected chi connectivity index (χ3v) is 7.62. The van der Waals surface area contributed by atoms with Crippen LogP contribution < -0.4 is 15.5 Å². The molecule has 8 nitrogen and oxygen atoms in total. The van der Waals surface area contributed by atoms with Crippen molar-refractivity contribution >= 4 is 52.0 Å². The zero-order chi connectivity index (χ0) is 29.0. The van der Waals surface area contributed by atoms with Crippen molar-refractivity contribution in [2.75, 3.05) is 49.6 Å². The molecule has 0 bridgehead atoms. The summed E-state index contributed by atoms with van der Waals surface area (Å²) in [6, 6.07) is 4.99. The first-order chi connectivity index (χ1) is 18.9. The van der Waals surface area contributed by atoms with E-state index < -0.39 is 55.0 Å². The van der Waals surface area contributed by atoms with Gasteiger partial charge in [0.15, 0.2) is 0 Å². The molecule has 0 radical (unpaired) electrons. The van der Waals surface area contributed by atoms with E-state index in [9.17, 15) is 36.3 Å². The number of thiophene rings is 1. The number of halogens is 6. The minimum Gasteiger partial charge on any atom is -0.370 e. The molecule has 1 atom stereocenters. The monoisotopic (exact) mass is 608 g/mol. The van der Waals surface area contributed by atoms with Crippen LogP contribution in [0, 0.1) is 5.92 Å². The van der Waals surface area contributed by atoms with Gasteiger partial charge >= 0.3 is 6.18 Å². The predicted molar refractivity (Wildman–Crippen MR) is 139 cm³/mol. The average molecular weight is 609 g/mol. The van der Waals surface area contributed by atoms with Crippen molar-refractivity contribution in [1.29, 1.82) is 0 Å². The Hall–Kier alpha value is -2.81. The number of morpholine rings is 1. The SMILES string of the molecule is O=C(NC[C@H](C(=O)Nc1ccc(N2CCOCC2=O)cc1C(F)F)N(CC1CC1)CC(F)(F)F)c1ccc(Cl)s1. The molecule has 2 fully saturated rings. The molecule has 40 heavy (non-hydrogen) atoms. The van der Waals surface area contributed by atoms with E-state index in [2.05, 4.69) is 10.6 Å². The van der Waals surface area contributed by atoms with Gasteiger partial charge in [-0.25, -0.2) is 8.78 Å². The molecule has 1 aliphatic heterocycles. The van der Waals surface area contributed by atoms with E-state index in [-0.39, 0.29) is 48.5 Å². The smallest absolute Gasteiger partial charge is 0.370 e. The molecule has 3 amide bonds. The molecule has 2 aromatic rings. The van der Waals surface area contributed by atoms with Gasteiger partial charge in [0.2, 0.25) is 5.91 Å². The molecule has 2 heterocycles. The largest absolute Gasteiger partial charge is 0.401 e. The lowest BCUT2D eigenvalue weighted by Gasteiger charge is -2.32. The first-order valence-corrected chi connectivity index (χ1v) is 13.6. The van der Waals surface area contributed by atoms with Gasteiger partial charge in [0.25, 0.3) is 18.2 Å². The topological polar surface area (TPSA) is 91.0 Å². The molecule has 1 saturated heterocycles. The number of nitrogens with zero attached hydrogens (tertiary/aromatic N) is 2. The van der Waals surface area contributed by atoms with Crippen molar-refractivity contribution in [2.24, 2.45) is 5.92 Å². The Morgan fingerprint density at radius 2 is 1.95 bits per heavy atom. The lowest BCUT2D eigenvalue weighted by Crippen LogP contribution is -2.54. The average Bonchev–Trinajstić information content (AvgIpc) is 3.59. The summed E-state index contributed by atoms with van der Waals surface area (Å²) in [6.07, 6.45) is -6.33. The molecule has 2 aliphatic rings. The van der Waals surface area contributed by atoms with Gasteiger partial charge in [0.05, 0.1) is 22.4 Å². The minimum absolute atomic E-state index is 0.0496. The van der Waals surface area contributed by atoms with Gasteiger partial charge in [-0.3, -0.25) is 19.3 Å². The predicted octanol–water partition coefficient (Wildman–Crippen LogP) is 4.71. The molecule has 1 aromatic heterocycles. The first kappa shape index (κ1) is 30.2. The lowest BCUT2D eigenvalue weighted by molar-refractivity contribution is -0.154. The molecule has 0 spiro atoms. The van der Waals surface area contributed by atoms with Crippen molar-refractivity contribution in [1.82, 2.24) is 10.2 Å². The van der Waals surface area contributed by atoms with Crippen molar-refractivity contribution < 1.29 is 41.1 Å². The van der Waals surface area contributed by atoms with Crippen LogP contribution in [-0.4, -0.2) is 74.2 Å². The summed E-state index contributed by atoms with van der Waals surface area (Å²) in [5.74, 6) is -2.10. The van der Waals surface area contributed by atoms with E-state index in [1.54, 1.807) is 0 Å². The fraction of sp³-hybridized carbons (Fsp3) is 0.480. The Balaban J connectivity index is 1.58. The third kappa shape index (κ3) is 8.12. The molecular weight excluding hydrogens is 583 g/mol. The quantitative estimate of drug-likeness (QED) is 0.361. The number of hydrogen-bond donors (Lipinski definition) is 2. The van der Waals surface area contributed by atoms with E-state index in [1.165, 1.54) is 29.2 Å². The van der Waals surface area contributed by atoms with Crippen LogP contribution in [0.5, 0.6) is 0 Å². The number of carbonyl (C=O) groups is 3. The van der Waals surface area contributed by atoms with Crippen LogP contribution in [0.25, 0.3) is 0 Å². The summed E-state index contributed by atoms with van der Waals surface area (Å²) in [5.41, 5.74) is -0.748. The summed E-state index contributed by atoms with van der Waals surface area (Å²) in [4.78, 5) is 40.5. The molecule has 1 saturated carbocycles. The third-order valence-electron chi connectivity index (χ3n) is 6.39. The highest BCUT2D eigenvalue weighted by Gasteiger charge is 2.39. The normalized spacial score (nSPS) is 16.9. The standard InChI is InChI=1S/C25H26ClF5N4O4S/c26-20-6-5-19(40-20)24(38)32-10-18(34(11-14-1-2-14)13-25(29,30)31)23(37)33-17-4-3-15(9-16(17)22(27)28)35-7-8-39-12-21(35)36/h3-6,9,14,18,22H,1-2,7-8,10-13H2,(H,32,38)(H,33,37)/t18-/m1/s1. The van der Waals surface area contributed by atoms with E-state index >= 15 is 0 Å². The zero-order valence-electron chi connectivity index (χ0n) is 21.0. The van der Waals surface area contributed by atoms with Gasteiger partial charge in [0.1, 0.15) is 12.6 Å². The summed E-state index contributed by atoms with van der Waals surface area (Å²) < 4.78 is 73.9. The fourth-order valence-corrected chi connectivity index (χ4v) is 5.24. The van der Waals surface area contributed by atoms with Crippen LogP contribution in [0.15, 0.2) is 30.3 Å². The summed E-state index contributed by atoms with van der Waals surface area (Å²) >= 11 is 6.81. The first-order valence-electron chi connectivity index (χ1n) is 12.4. The zero-order valence-corrected chi connectivity index (χ0v) is 22.6. The van der Waals surface area contributed by atoms with Crippen molar-refractivity contribution in [3.63, 3.8) is 0 Å². The van der Waals surface area contributed by atoms with Gasteiger partial charge < -0.3 is 20.3 Å². The highest BCUT2D eigenvalue weighted by molar-refractivity contribution is 7.18. The highest BCUT2D eigenvalue weighted by Crippen LogP contribution is 2.34. The Kier molecular flexibility index (Phi) is 9.64. The van der Waals surface area contributed by atoms with E-state index in [1.807, 2.05) is 0 Å².